The van der Waals surface area contributed by atoms with Crippen LogP contribution >= 0.6 is 11.8 Å². The fraction of sp³-hybridized carbons (Fsp3) is 0.481. The summed E-state index contributed by atoms with van der Waals surface area (Å²) in [5.41, 5.74) is 3.25. The van der Waals surface area contributed by atoms with Gasteiger partial charge in [0.1, 0.15) is 0 Å². The molecule has 2 heterocycles. The predicted octanol–water partition coefficient (Wildman–Crippen LogP) is 5.65. The molecule has 9 heteroatoms. The number of esters is 1. The summed E-state index contributed by atoms with van der Waals surface area (Å²) < 4.78 is 35.6. The second-order valence-electron chi connectivity index (χ2n) is 9.94. The summed E-state index contributed by atoms with van der Waals surface area (Å²) in [6.07, 6.45) is 6.55. The van der Waals surface area contributed by atoms with Crippen LogP contribution in [0.5, 0.6) is 0 Å². The highest BCUT2D eigenvalue weighted by Gasteiger charge is 2.30. The summed E-state index contributed by atoms with van der Waals surface area (Å²) in [5, 5.41) is 0.890. The zero-order chi connectivity index (χ0) is 25.3. The summed E-state index contributed by atoms with van der Waals surface area (Å²) in [7, 11) is -2.16. The summed E-state index contributed by atoms with van der Waals surface area (Å²) in [4.78, 5) is 17.2. The number of sulfonamides is 1. The molecule has 1 aliphatic carbocycles. The van der Waals surface area contributed by atoms with Crippen molar-refractivity contribution >= 4 is 38.8 Å². The molecule has 0 amide bonds. The Morgan fingerprint density at radius 3 is 2.67 bits per heavy atom. The van der Waals surface area contributed by atoms with Crippen LogP contribution < -0.4 is 0 Å². The third-order valence-electron chi connectivity index (χ3n) is 7.29. The maximum atomic E-state index is 13.4. The number of hydrogen-bond donors (Lipinski definition) is 0. The van der Waals surface area contributed by atoms with E-state index in [9.17, 15) is 13.2 Å². The van der Waals surface area contributed by atoms with Crippen molar-refractivity contribution in [2.24, 2.45) is 5.92 Å². The van der Waals surface area contributed by atoms with Crippen molar-refractivity contribution in [3.8, 4) is 0 Å². The standard InChI is InChI=1S/C27H33N3O4S2/c1-19-7-6-14-29(17-19)36(32,33)23-12-13-25-24(16-23)28-27(30(25)22-10-3-4-11-22)35-18-20-8-5-9-21(15-20)26(31)34-2/h5,8-9,12-13,15-16,19,22H,3-4,6-7,10-11,14,17-18H2,1-2H3/t19-/m0/s1. The number of nitrogens with zero attached hydrogens (tertiary/aromatic N) is 3. The van der Waals surface area contributed by atoms with Crippen LogP contribution in [0.3, 0.4) is 0 Å². The Morgan fingerprint density at radius 2 is 1.92 bits per heavy atom. The molecular formula is C27H33N3O4S2. The van der Waals surface area contributed by atoms with Crippen molar-refractivity contribution in [1.29, 1.82) is 0 Å². The zero-order valence-electron chi connectivity index (χ0n) is 20.9. The fourth-order valence-electron chi connectivity index (χ4n) is 5.40. The number of imidazole rings is 1. The van der Waals surface area contributed by atoms with Crippen LogP contribution in [0.4, 0.5) is 0 Å². The summed E-state index contributed by atoms with van der Waals surface area (Å²) in [6, 6.07) is 13.3. The third-order valence-corrected chi connectivity index (χ3v) is 10.2. The van der Waals surface area contributed by atoms with E-state index in [0.717, 1.165) is 47.4 Å². The lowest BCUT2D eigenvalue weighted by Gasteiger charge is -2.30. The van der Waals surface area contributed by atoms with Gasteiger partial charge in [-0.3, -0.25) is 0 Å². The molecule has 0 unspecified atom stereocenters. The number of hydrogen-bond acceptors (Lipinski definition) is 6. The van der Waals surface area contributed by atoms with Gasteiger partial charge in [-0.25, -0.2) is 18.2 Å². The summed E-state index contributed by atoms with van der Waals surface area (Å²) in [6.45, 7) is 3.26. The van der Waals surface area contributed by atoms with E-state index in [1.54, 1.807) is 34.3 Å². The van der Waals surface area contributed by atoms with E-state index in [0.29, 0.717) is 41.3 Å². The van der Waals surface area contributed by atoms with E-state index >= 15 is 0 Å². The second-order valence-corrected chi connectivity index (χ2v) is 12.8. The lowest BCUT2D eigenvalue weighted by atomic mass is 10.0. The van der Waals surface area contributed by atoms with Gasteiger partial charge >= 0.3 is 5.97 Å². The molecule has 36 heavy (non-hydrogen) atoms. The number of fused-ring (bicyclic) bond motifs is 1. The number of rotatable bonds is 7. The monoisotopic (exact) mass is 527 g/mol. The lowest BCUT2D eigenvalue weighted by molar-refractivity contribution is 0.0600. The number of aromatic nitrogens is 2. The molecule has 7 nitrogen and oxygen atoms in total. The number of carbonyl (C=O) groups excluding carboxylic acids is 1. The molecule has 2 fully saturated rings. The van der Waals surface area contributed by atoms with Crippen molar-refractivity contribution in [1.82, 2.24) is 13.9 Å². The molecule has 0 spiro atoms. The number of carbonyl (C=O) groups is 1. The van der Waals surface area contributed by atoms with Crippen molar-refractivity contribution in [2.75, 3.05) is 20.2 Å². The van der Waals surface area contributed by atoms with Crippen LogP contribution in [-0.4, -0.2) is 48.4 Å². The van der Waals surface area contributed by atoms with Gasteiger partial charge in [-0.2, -0.15) is 4.31 Å². The second kappa shape index (κ2) is 10.6. The van der Waals surface area contributed by atoms with Crippen molar-refractivity contribution in [2.45, 2.75) is 67.3 Å². The largest absolute Gasteiger partial charge is 0.465 e. The molecule has 192 valence electrons. The number of thioether (sulfide) groups is 1. The first-order valence-electron chi connectivity index (χ1n) is 12.7. The van der Waals surface area contributed by atoms with Crippen molar-refractivity contribution < 1.29 is 17.9 Å². The van der Waals surface area contributed by atoms with E-state index in [1.807, 2.05) is 24.3 Å². The molecule has 5 rings (SSSR count). The van der Waals surface area contributed by atoms with E-state index in [2.05, 4.69) is 11.5 Å². The SMILES string of the molecule is COC(=O)c1cccc(CSc2nc3cc(S(=O)(=O)N4CCC[C@H](C)C4)ccc3n2C2CCCC2)c1. The van der Waals surface area contributed by atoms with Gasteiger partial charge in [0, 0.05) is 24.9 Å². The quantitative estimate of drug-likeness (QED) is 0.292. The van der Waals surface area contributed by atoms with Gasteiger partial charge in [-0.1, -0.05) is 43.7 Å². The maximum absolute atomic E-state index is 13.4. The molecule has 2 aliphatic rings. The van der Waals surface area contributed by atoms with Crippen LogP contribution in [0, 0.1) is 5.92 Å². The van der Waals surface area contributed by atoms with Crippen LogP contribution in [0.25, 0.3) is 11.0 Å². The number of ether oxygens (including phenoxy) is 1. The van der Waals surface area contributed by atoms with Crippen LogP contribution in [0.15, 0.2) is 52.5 Å². The van der Waals surface area contributed by atoms with Crippen molar-refractivity contribution in [3.63, 3.8) is 0 Å². The molecule has 1 aliphatic heterocycles. The van der Waals surface area contributed by atoms with Gasteiger partial charge in [0.25, 0.3) is 0 Å². The normalized spacial score (nSPS) is 19.7. The topological polar surface area (TPSA) is 81.5 Å². The Morgan fingerprint density at radius 1 is 1.11 bits per heavy atom. The number of piperidine rings is 1. The minimum atomic E-state index is -3.55. The Hall–Kier alpha value is -2.36. The number of methoxy groups -OCH3 is 1. The maximum Gasteiger partial charge on any atom is 0.337 e. The molecule has 1 saturated heterocycles. The molecule has 1 atom stereocenters. The highest BCUT2D eigenvalue weighted by molar-refractivity contribution is 7.98. The Balaban J connectivity index is 1.47. The highest BCUT2D eigenvalue weighted by Crippen LogP contribution is 2.38. The van der Waals surface area contributed by atoms with Crippen LogP contribution in [0.1, 0.15) is 67.4 Å². The molecular weight excluding hydrogens is 494 g/mol. The number of benzene rings is 2. The Kier molecular flexibility index (Phi) is 7.42. The van der Waals surface area contributed by atoms with Gasteiger partial charge in [-0.15, -0.1) is 0 Å². The molecule has 0 radical (unpaired) electrons. The molecule has 2 aromatic carbocycles. The van der Waals surface area contributed by atoms with Crippen molar-refractivity contribution in [3.05, 3.63) is 53.6 Å². The Labute approximate surface area is 217 Å². The minimum absolute atomic E-state index is 0.322. The first kappa shape index (κ1) is 25.3. The highest BCUT2D eigenvalue weighted by atomic mass is 32.2. The summed E-state index contributed by atoms with van der Waals surface area (Å²) in [5.74, 6) is 0.675. The first-order valence-corrected chi connectivity index (χ1v) is 15.1. The summed E-state index contributed by atoms with van der Waals surface area (Å²) >= 11 is 1.62. The molecule has 1 aromatic heterocycles. The molecule has 0 bridgehead atoms. The average Bonchev–Trinajstić information content (AvgIpc) is 3.54. The van der Waals surface area contributed by atoms with Gasteiger partial charge in [0.2, 0.25) is 10.0 Å². The smallest absolute Gasteiger partial charge is 0.337 e. The van der Waals surface area contributed by atoms with Crippen LogP contribution in [0.2, 0.25) is 0 Å². The average molecular weight is 528 g/mol. The van der Waals surface area contributed by atoms with E-state index in [1.165, 1.54) is 20.0 Å². The van der Waals surface area contributed by atoms with E-state index in [-0.39, 0.29) is 5.97 Å². The predicted molar refractivity (Wildman–Crippen MR) is 142 cm³/mol. The van der Waals surface area contributed by atoms with Gasteiger partial charge in [0.05, 0.1) is 28.6 Å². The van der Waals surface area contributed by atoms with Gasteiger partial charge in [-0.05, 0) is 67.5 Å². The van der Waals surface area contributed by atoms with Gasteiger partial charge in [0.15, 0.2) is 5.16 Å². The molecule has 1 saturated carbocycles. The zero-order valence-corrected chi connectivity index (χ0v) is 22.5. The minimum Gasteiger partial charge on any atom is -0.465 e. The molecule has 0 N–H and O–H groups in total. The lowest BCUT2D eigenvalue weighted by Crippen LogP contribution is -2.39. The van der Waals surface area contributed by atoms with Gasteiger partial charge < -0.3 is 9.30 Å². The fourth-order valence-corrected chi connectivity index (χ4v) is 8.05. The third kappa shape index (κ3) is 5.06. The van der Waals surface area contributed by atoms with E-state index < -0.39 is 10.0 Å². The Bertz CT molecular complexity index is 1360. The van der Waals surface area contributed by atoms with Crippen LogP contribution in [-0.2, 0) is 20.5 Å². The molecule has 3 aromatic rings. The van der Waals surface area contributed by atoms with E-state index in [4.69, 9.17) is 9.72 Å². The first-order chi connectivity index (χ1) is 17.4.